The van der Waals surface area contributed by atoms with E-state index in [4.69, 9.17) is 0 Å². The smallest absolute Gasteiger partial charge is 0.337 e. The van der Waals surface area contributed by atoms with Gasteiger partial charge in [0.1, 0.15) is 5.01 Å². The Balaban J connectivity index is 1.71. The molecule has 0 atom stereocenters. The van der Waals surface area contributed by atoms with Crippen molar-refractivity contribution in [2.45, 2.75) is 6.54 Å². The van der Waals surface area contributed by atoms with Gasteiger partial charge in [-0.15, -0.1) is 11.3 Å². The molecule has 0 radical (unpaired) electrons. The highest BCUT2D eigenvalue weighted by atomic mass is 32.1. The van der Waals surface area contributed by atoms with E-state index in [0.29, 0.717) is 12.1 Å². The first kappa shape index (κ1) is 14.7. The zero-order chi connectivity index (χ0) is 16.5. The molecule has 4 rings (SSSR count). The van der Waals surface area contributed by atoms with Crippen molar-refractivity contribution in [2.75, 3.05) is 0 Å². The van der Waals surface area contributed by atoms with Gasteiger partial charge in [0.05, 0.1) is 23.3 Å². The molecule has 5 heteroatoms. The molecular formula is C19H14N2O2S. The Kier molecular flexibility index (Phi) is 3.63. The number of carboxylic acids is 1. The Morgan fingerprint density at radius 3 is 2.71 bits per heavy atom. The van der Waals surface area contributed by atoms with Crippen molar-refractivity contribution in [2.24, 2.45) is 0 Å². The summed E-state index contributed by atoms with van der Waals surface area (Å²) in [7, 11) is 0. The number of rotatable bonds is 4. The lowest BCUT2D eigenvalue weighted by Crippen LogP contribution is -2.04. The van der Waals surface area contributed by atoms with Crippen LogP contribution in [0.4, 0.5) is 0 Å². The predicted octanol–water partition coefficient (Wildman–Crippen LogP) is 4.51. The molecule has 24 heavy (non-hydrogen) atoms. The number of thiazole rings is 1. The number of hydrogen-bond donors (Lipinski definition) is 1. The number of para-hydroxylation sites is 1. The zero-order valence-corrected chi connectivity index (χ0v) is 13.5. The maximum Gasteiger partial charge on any atom is 0.337 e. The minimum atomic E-state index is -0.913. The Bertz CT molecular complexity index is 1020. The van der Waals surface area contributed by atoms with Crippen LogP contribution in [0.5, 0.6) is 0 Å². The standard InChI is InChI=1S/C19H14N2O2S/c22-19(23)16-8-4-7-13-9-10-21(17(13)16)11-15-12-24-18(20-15)14-5-2-1-3-6-14/h1-10,12H,11H2,(H,22,23). The van der Waals surface area contributed by atoms with Gasteiger partial charge in [-0.2, -0.15) is 0 Å². The van der Waals surface area contributed by atoms with Gasteiger partial charge >= 0.3 is 5.97 Å². The Morgan fingerprint density at radius 2 is 1.92 bits per heavy atom. The van der Waals surface area contributed by atoms with E-state index in [0.717, 1.165) is 27.2 Å². The largest absolute Gasteiger partial charge is 0.478 e. The topological polar surface area (TPSA) is 55.1 Å². The highest BCUT2D eigenvalue weighted by Gasteiger charge is 2.13. The van der Waals surface area contributed by atoms with Crippen LogP contribution in [-0.2, 0) is 6.54 Å². The third-order valence-corrected chi connectivity index (χ3v) is 4.86. The van der Waals surface area contributed by atoms with Gasteiger partial charge in [-0.25, -0.2) is 9.78 Å². The van der Waals surface area contributed by atoms with E-state index in [2.05, 4.69) is 4.98 Å². The number of carboxylic acid groups (broad SMARTS) is 1. The van der Waals surface area contributed by atoms with Gasteiger partial charge in [0.15, 0.2) is 0 Å². The van der Waals surface area contributed by atoms with E-state index in [9.17, 15) is 9.90 Å². The molecule has 0 unspecified atom stereocenters. The average molecular weight is 334 g/mol. The van der Waals surface area contributed by atoms with Crippen molar-refractivity contribution in [1.82, 2.24) is 9.55 Å². The van der Waals surface area contributed by atoms with E-state index in [1.807, 2.05) is 58.6 Å². The number of aromatic nitrogens is 2. The van der Waals surface area contributed by atoms with Crippen LogP contribution in [0.3, 0.4) is 0 Å². The van der Waals surface area contributed by atoms with Gasteiger partial charge in [-0.3, -0.25) is 0 Å². The summed E-state index contributed by atoms with van der Waals surface area (Å²) in [4.78, 5) is 16.2. The first-order chi connectivity index (χ1) is 11.7. The van der Waals surface area contributed by atoms with Crippen molar-refractivity contribution < 1.29 is 9.90 Å². The number of nitrogens with zero attached hydrogens (tertiary/aromatic N) is 2. The molecule has 4 nitrogen and oxygen atoms in total. The van der Waals surface area contributed by atoms with Crippen LogP contribution in [0.2, 0.25) is 0 Å². The fourth-order valence-electron chi connectivity index (χ4n) is 2.83. The maximum absolute atomic E-state index is 11.5. The summed E-state index contributed by atoms with van der Waals surface area (Å²) in [5, 5.41) is 13.3. The number of carbonyl (C=O) groups is 1. The Labute approximate surface area is 142 Å². The summed E-state index contributed by atoms with van der Waals surface area (Å²) < 4.78 is 1.95. The molecule has 0 aliphatic carbocycles. The van der Waals surface area contributed by atoms with Crippen LogP contribution in [0.25, 0.3) is 21.5 Å². The quantitative estimate of drug-likeness (QED) is 0.597. The molecule has 2 aromatic heterocycles. The third-order valence-electron chi connectivity index (χ3n) is 3.92. The monoisotopic (exact) mass is 334 g/mol. The average Bonchev–Trinajstić information content (AvgIpc) is 3.23. The molecule has 0 amide bonds. The minimum Gasteiger partial charge on any atom is -0.478 e. The molecular weight excluding hydrogens is 320 g/mol. The van der Waals surface area contributed by atoms with Crippen LogP contribution in [0.1, 0.15) is 16.1 Å². The van der Waals surface area contributed by atoms with Crippen LogP contribution < -0.4 is 0 Å². The summed E-state index contributed by atoms with van der Waals surface area (Å²) in [5.41, 5.74) is 3.07. The van der Waals surface area contributed by atoms with Gasteiger partial charge in [-0.05, 0) is 12.1 Å². The van der Waals surface area contributed by atoms with Crippen molar-refractivity contribution >= 4 is 28.2 Å². The molecule has 2 aromatic carbocycles. The fraction of sp³-hybridized carbons (Fsp3) is 0.0526. The first-order valence-electron chi connectivity index (χ1n) is 7.53. The second kappa shape index (κ2) is 5.94. The second-order valence-electron chi connectivity index (χ2n) is 5.50. The van der Waals surface area contributed by atoms with E-state index in [1.165, 1.54) is 0 Å². The fourth-order valence-corrected chi connectivity index (χ4v) is 3.65. The molecule has 0 saturated carbocycles. The SMILES string of the molecule is O=C(O)c1cccc2ccn(Cc3csc(-c4ccccc4)n3)c12. The molecule has 0 saturated heterocycles. The van der Waals surface area contributed by atoms with E-state index in [-0.39, 0.29) is 0 Å². The molecule has 0 aliphatic rings. The molecule has 2 heterocycles. The molecule has 1 N–H and O–H groups in total. The Hall–Kier alpha value is -2.92. The lowest BCUT2D eigenvalue weighted by Gasteiger charge is -2.06. The summed E-state index contributed by atoms with van der Waals surface area (Å²) >= 11 is 1.60. The summed E-state index contributed by atoms with van der Waals surface area (Å²) in [6, 6.07) is 17.3. The maximum atomic E-state index is 11.5. The number of fused-ring (bicyclic) bond motifs is 1. The summed E-state index contributed by atoms with van der Waals surface area (Å²) in [6.45, 7) is 0.553. The number of hydrogen-bond acceptors (Lipinski definition) is 3. The molecule has 0 bridgehead atoms. The van der Waals surface area contributed by atoms with Gasteiger partial charge < -0.3 is 9.67 Å². The molecule has 0 aliphatic heterocycles. The molecule has 0 fully saturated rings. The van der Waals surface area contributed by atoms with E-state index < -0.39 is 5.97 Å². The molecule has 118 valence electrons. The number of aromatic carboxylic acids is 1. The minimum absolute atomic E-state index is 0.316. The van der Waals surface area contributed by atoms with Gasteiger partial charge in [0.2, 0.25) is 0 Å². The van der Waals surface area contributed by atoms with Crippen LogP contribution in [0, 0.1) is 0 Å². The van der Waals surface area contributed by atoms with Crippen molar-refractivity contribution in [3.05, 3.63) is 77.4 Å². The lowest BCUT2D eigenvalue weighted by molar-refractivity contribution is 0.0698. The summed E-state index contributed by atoms with van der Waals surface area (Å²) in [5.74, 6) is -0.913. The van der Waals surface area contributed by atoms with Crippen molar-refractivity contribution in [3.63, 3.8) is 0 Å². The van der Waals surface area contributed by atoms with Crippen molar-refractivity contribution in [1.29, 1.82) is 0 Å². The number of benzene rings is 2. The van der Waals surface area contributed by atoms with Crippen LogP contribution in [0.15, 0.2) is 66.2 Å². The third kappa shape index (κ3) is 2.59. The van der Waals surface area contributed by atoms with Crippen molar-refractivity contribution in [3.8, 4) is 10.6 Å². The predicted molar refractivity (Wildman–Crippen MR) is 95.5 cm³/mol. The van der Waals surface area contributed by atoms with Gasteiger partial charge in [-0.1, -0.05) is 42.5 Å². The first-order valence-corrected chi connectivity index (χ1v) is 8.41. The van der Waals surface area contributed by atoms with Crippen LogP contribution in [-0.4, -0.2) is 20.6 Å². The normalized spacial score (nSPS) is 11.0. The van der Waals surface area contributed by atoms with Gasteiger partial charge in [0.25, 0.3) is 0 Å². The highest BCUT2D eigenvalue weighted by Crippen LogP contribution is 2.25. The van der Waals surface area contributed by atoms with Crippen LogP contribution >= 0.6 is 11.3 Å². The summed E-state index contributed by atoms with van der Waals surface area (Å²) in [6.07, 6.45) is 1.92. The zero-order valence-electron chi connectivity index (χ0n) is 12.7. The lowest BCUT2D eigenvalue weighted by atomic mass is 10.1. The molecule has 0 spiro atoms. The molecule has 4 aromatic rings. The van der Waals surface area contributed by atoms with E-state index >= 15 is 0 Å². The second-order valence-corrected chi connectivity index (χ2v) is 6.36. The Morgan fingerprint density at radius 1 is 1.08 bits per heavy atom. The van der Waals surface area contributed by atoms with E-state index in [1.54, 1.807) is 23.5 Å². The highest BCUT2D eigenvalue weighted by molar-refractivity contribution is 7.13. The van der Waals surface area contributed by atoms with Gasteiger partial charge in [0, 0.05) is 22.5 Å².